The monoisotopic (exact) mass is 300 g/mol. The molecule has 0 saturated heterocycles. The number of benzene rings is 1. The van der Waals surface area contributed by atoms with Gasteiger partial charge in [0.05, 0.1) is 19.8 Å². The smallest absolute Gasteiger partial charge is 0.165 e. The van der Waals surface area contributed by atoms with Gasteiger partial charge in [-0.05, 0) is 31.4 Å². The van der Waals surface area contributed by atoms with Crippen LogP contribution in [0, 0.1) is 6.92 Å². The summed E-state index contributed by atoms with van der Waals surface area (Å²) in [7, 11) is 3.25. The van der Waals surface area contributed by atoms with Gasteiger partial charge in [-0.3, -0.25) is 0 Å². The molecule has 0 aliphatic heterocycles. The number of aliphatic hydroxyl groups is 1. The number of ether oxygens (including phenoxy) is 2. The molecule has 0 atom stereocenters. The molecule has 1 aliphatic carbocycles. The molecule has 1 saturated carbocycles. The Morgan fingerprint density at radius 2 is 2.00 bits per heavy atom. The molecule has 0 radical (unpaired) electrons. The standard InChI is InChI=1S/C13H17BrO3/c1-8-6-10(16-2)12(17-3)9(11(8)14)7-13(15)4-5-13/h6,15H,4-5,7H2,1-3H3. The molecule has 0 amide bonds. The van der Waals surface area contributed by atoms with E-state index in [0.29, 0.717) is 17.9 Å². The molecule has 17 heavy (non-hydrogen) atoms. The molecular weight excluding hydrogens is 284 g/mol. The molecule has 3 nitrogen and oxygen atoms in total. The fourth-order valence-electron chi connectivity index (χ4n) is 2.00. The van der Waals surface area contributed by atoms with Gasteiger partial charge in [0.1, 0.15) is 0 Å². The van der Waals surface area contributed by atoms with Crippen molar-refractivity contribution in [2.45, 2.75) is 31.8 Å². The maximum atomic E-state index is 10.1. The fraction of sp³-hybridized carbons (Fsp3) is 0.538. The molecule has 0 spiro atoms. The van der Waals surface area contributed by atoms with Crippen LogP contribution >= 0.6 is 15.9 Å². The van der Waals surface area contributed by atoms with Gasteiger partial charge in [0.15, 0.2) is 11.5 Å². The van der Waals surface area contributed by atoms with Crippen molar-refractivity contribution in [3.63, 3.8) is 0 Å². The van der Waals surface area contributed by atoms with Gasteiger partial charge in [-0.2, -0.15) is 0 Å². The first kappa shape index (κ1) is 12.7. The van der Waals surface area contributed by atoms with E-state index in [1.807, 2.05) is 13.0 Å². The van der Waals surface area contributed by atoms with E-state index in [4.69, 9.17) is 9.47 Å². The van der Waals surface area contributed by atoms with E-state index in [1.54, 1.807) is 14.2 Å². The van der Waals surface area contributed by atoms with E-state index in [0.717, 1.165) is 28.4 Å². The van der Waals surface area contributed by atoms with Crippen LogP contribution < -0.4 is 9.47 Å². The average Bonchev–Trinajstić information content (AvgIpc) is 3.02. The van der Waals surface area contributed by atoms with E-state index in [9.17, 15) is 5.11 Å². The third-order valence-electron chi connectivity index (χ3n) is 3.21. The summed E-state index contributed by atoms with van der Waals surface area (Å²) >= 11 is 3.57. The van der Waals surface area contributed by atoms with Crippen molar-refractivity contribution in [3.05, 3.63) is 21.7 Å². The van der Waals surface area contributed by atoms with E-state index < -0.39 is 5.60 Å². The van der Waals surface area contributed by atoms with Crippen LogP contribution in [0.1, 0.15) is 24.0 Å². The topological polar surface area (TPSA) is 38.7 Å². The normalized spacial score (nSPS) is 16.8. The highest BCUT2D eigenvalue weighted by atomic mass is 79.9. The minimum Gasteiger partial charge on any atom is -0.493 e. The molecule has 1 fully saturated rings. The zero-order valence-electron chi connectivity index (χ0n) is 10.3. The zero-order valence-corrected chi connectivity index (χ0v) is 11.9. The molecule has 1 aromatic carbocycles. The predicted molar refractivity (Wildman–Crippen MR) is 69.9 cm³/mol. The lowest BCUT2D eigenvalue weighted by Gasteiger charge is -2.18. The molecule has 0 unspecified atom stereocenters. The van der Waals surface area contributed by atoms with Crippen LogP contribution in [0.3, 0.4) is 0 Å². The Labute approximate surface area is 110 Å². The summed E-state index contributed by atoms with van der Waals surface area (Å²) in [5.41, 5.74) is 1.53. The first-order chi connectivity index (χ1) is 8.00. The Balaban J connectivity index is 2.48. The third kappa shape index (κ3) is 2.43. The quantitative estimate of drug-likeness (QED) is 0.929. The van der Waals surface area contributed by atoms with Gasteiger partial charge >= 0.3 is 0 Å². The summed E-state index contributed by atoms with van der Waals surface area (Å²) in [6.45, 7) is 2.01. The first-order valence-electron chi connectivity index (χ1n) is 5.63. The van der Waals surface area contributed by atoms with Gasteiger partial charge in [-0.15, -0.1) is 0 Å². The highest BCUT2D eigenvalue weighted by Gasteiger charge is 2.41. The maximum Gasteiger partial charge on any atom is 0.165 e. The number of rotatable bonds is 4. The molecule has 0 heterocycles. The highest BCUT2D eigenvalue weighted by molar-refractivity contribution is 9.10. The Hall–Kier alpha value is -0.740. The van der Waals surface area contributed by atoms with Crippen molar-refractivity contribution >= 4 is 15.9 Å². The lowest BCUT2D eigenvalue weighted by atomic mass is 10.0. The lowest BCUT2D eigenvalue weighted by molar-refractivity contribution is 0.149. The molecule has 94 valence electrons. The molecule has 1 aromatic rings. The van der Waals surface area contributed by atoms with Crippen molar-refractivity contribution in [3.8, 4) is 11.5 Å². The van der Waals surface area contributed by atoms with E-state index >= 15 is 0 Å². The van der Waals surface area contributed by atoms with Crippen molar-refractivity contribution < 1.29 is 14.6 Å². The summed E-state index contributed by atoms with van der Waals surface area (Å²) in [6, 6.07) is 1.93. The molecule has 0 aromatic heterocycles. The molecule has 4 heteroatoms. The molecule has 2 rings (SSSR count). The minimum absolute atomic E-state index is 0.547. The second kappa shape index (κ2) is 4.50. The third-order valence-corrected chi connectivity index (χ3v) is 4.32. The zero-order chi connectivity index (χ0) is 12.6. The van der Waals surface area contributed by atoms with E-state index in [-0.39, 0.29) is 0 Å². The first-order valence-corrected chi connectivity index (χ1v) is 6.42. The maximum absolute atomic E-state index is 10.1. The van der Waals surface area contributed by atoms with Crippen LogP contribution in [0.5, 0.6) is 11.5 Å². The van der Waals surface area contributed by atoms with Gasteiger partial charge in [-0.25, -0.2) is 0 Å². The molecule has 0 bridgehead atoms. The minimum atomic E-state index is -0.547. The van der Waals surface area contributed by atoms with Crippen LogP contribution in [0.2, 0.25) is 0 Å². The summed E-state index contributed by atoms with van der Waals surface area (Å²) in [5.74, 6) is 1.43. The van der Waals surface area contributed by atoms with Gasteiger partial charge < -0.3 is 14.6 Å². The lowest BCUT2D eigenvalue weighted by Crippen LogP contribution is -2.13. The number of hydrogen-bond acceptors (Lipinski definition) is 3. The van der Waals surface area contributed by atoms with Crippen LogP contribution in [-0.2, 0) is 6.42 Å². The summed E-state index contributed by atoms with van der Waals surface area (Å²) in [6.07, 6.45) is 2.33. The van der Waals surface area contributed by atoms with Crippen LogP contribution in [0.25, 0.3) is 0 Å². The van der Waals surface area contributed by atoms with Crippen molar-refractivity contribution in [1.29, 1.82) is 0 Å². The van der Waals surface area contributed by atoms with Gasteiger partial charge in [0.2, 0.25) is 0 Å². The predicted octanol–water partition coefficient (Wildman–Crippen LogP) is 2.84. The van der Waals surface area contributed by atoms with Gasteiger partial charge in [0.25, 0.3) is 0 Å². The average molecular weight is 301 g/mol. The van der Waals surface area contributed by atoms with Crippen molar-refractivity contribution in [1.82, 2.24) is 0 Å². The Kier molecular flexibility index (Phi) is 3.36. The largest absolute Gasteiger partial charge is 0.493 e. The van der Waals surface area contributed by atoms with Crippen LogP contribution in [0.4, 0.5) is 0 Å². The SMILES string of the molecule is COc1cc(C)c(Br)c(CC2(O)CC2)c1OC. The van der Waals surface area contributed by atoms with Crippen molar-refractivity contribution in [2.24, 2.45) is 0 Å². The number of aryl methyl sites for hydroxylation is 1. The van der Waals surface area contributed by atoms with Crippen LogP contribution in [-0.4, -0.2) is 24.9 Å². The Bertz CT molecular complexity index is 439. The van der Waals surface area contributed by atoms with Gasteiger partial charge in [0, 0.05) is 16.5 Å². The number of halogens is 1. The summed E-state index contributed by atoms with van der Waals surface area (Å²) in [5, 5.41) is 10.1. The molecule has 1 N–H and O–H groups in total. The second-order valence-electron chi connectivity index (χ2n) is 4.62. The van der Waals surface area contributed by atoms with E-state index in [1.165, 1.54) is 0 Å². The van der Waals surface area contributed by atoms with E-state index in [2.05, 4.69) is 15.9 Å². The summed E-state index contributed by atoms with van der Waals surface area (Å²) in [4.78, 5) is 0. The van der Waals surface area contributed by atoms with Gasteiger partial charge in [-0.1, -0.05) is 15.9 Å². The highest BCUT2D eigenvalue weighted by Crippen LogP contribution is 2.45. The molecule has 1 aliphatic rings. The second-order valence-corrected chi connectivity index (χ2v) is 5.42. The summed E-state index contributed by atoms with van der Waals surface area (Å²) < 4.78 is 11.7. The molecular formula is C13H17BrO3. The Morgan fingerprint density at radius 1 is 1.35 bits per heavy atom. The van der Waals surface area contributed by atoms with Crippen LogP contribution in [0.15, 0.2) is 10.5 Å². The number of hydrogen-bond donors (Lipinski definition) is 1. The van der Waals surface area contributed by atoms with Crippen molar-refractivity contribution in [2.75, 3.05) is 14.2 Å². The fourth-order valence-corrected chi connectivity index (χ4v) is 2.43. The number of methoxy groups -OCH3 is 2. The Morgan fingerprint density at radius 3 is 2.47 bits per heavy atom.